The van der Waals surface area contributed by atoms with Gasteiger partial charge in [0.25, 0.3) is 0 Å². The normalized spacial score (nSPS) is 16.0. The number of allylic oxidation sites excluding steroid dienone is 1. The second kappa shape index (κ2) is 6.16. The number of benzene rings is 2. The molecule has 0 saturated heterocycles. The van der Waals surface area contributed by atoms with Gasteiger partial charge in [-0.05, 0) is 58.8 Å². The Balaban J connectivity index is 1.72. The lowest BCUT2D eigenvalue weighted by molar-refractivity contribution is 0.340. The first-order valence-corrected chi connectivity index (χ1v) is 7.90. The van der Waals surface area contributed by atoms with E-state index in [4.69, 9.17) is 4.74 Å². The van der Waals surface area contributed by atoms with E-state index >= 15 is 0 Å². The Kier molecular flexibility index (Phi) is 3.70. The minimum Gasteiger partial charge on any atom is -0.494 e. The van der Waals surface area contributed by atoms with E-state index in [0.29, 0.717) is 12.6 Å². The number of nitrogens with zero attached hydrogens (tertiary/aromatic N) is 4. The fourth-order valence-corrected chi connectivity index (χ4v) is 2.81. The van der Waals surface area contributed by atoms with Crippen molar-refractivity contribution in [3.05, 3.63) is 71.8 Å². The van der Waals surface area contributed by atoms with E-state index < -0.39 is 0 Å². The van der Waals surface area contributed by atoms with Crippen molar-refractivity contribution in [3.63, 3.8) is 0 Å². The van der Waals surface area contributed by atoms with Gasteiger partial charge in [-0.2, -0.15) is 4.68 Å². The molecule has 1 atom stereocenters. The van der Waals surface area contributed by atoms with Crippen LogP contribution in [0, 0.1) is 0 Å². The number of hydrogen-bond donors (Lipinski definition) is 1. The van der Waals surface area contributed by atoms with E-state index in [2.05, 4.69) is 39.1 Å². The Hall–Kier alpha value is -3.15. The number of hydrogen-bond acceptors (Lipinski definition) is 5. The van der Waals surface area contributed by atoms with E-state index in [1.165, 1.54) is 0 Å². The third kappa shape index (κ3) is 2.62. The first-order valence-electron chi connectivity index (χ1n) is 7.90. The quantitative estimate of drug-likeness (QED) is 0.800. The van der Waals surface area contributed by atoms with Crippen molar-refractivity contribution in [1.29, 1.82) is 0 Å². The van der Waals surface area contributed by atoms with Gasteiger partial charge in [0.15, 0.2) is 0 Å². The van der Waals surface area contributed by atoms with Crippen molar-refractivity contribution in [3.8, 4) is 5.75 Å². The van der Waals surface area contributed by atoms with Crippen molar-refractivity contribution in [2.45, 2.75) is 13.0 Å². The molecule has 0 fully saturated rings. The number of anilines is 1. The minimum atomic E-state index is -0.0426. The molecule has 0 unspecified atom stereocenters. The topological polar surface area (TPSA) is 64.9 Å². The molecule has 2 heterocycles. The standard InChI is InChI=1S/C18H17N5O/c1-2-24-15-10-8-13(9-11-15)16-12-17(14-6-4-3-5-7-14)23-18(19-16)20-21-22-23/h3-12,17H,2H2,1H3,(H,19,20,22)/t17-/m1/s1. The highest BCUT2D eigenvalue weighted by Gasteiger charge is 2.24. The molecule has 2 aromatic carbocycles. The highest BCUT2D eigenvalue weighted by atomic mass is 16.5. The average Bonchev–Trinajstić information content (AvgIpc) is 3.11. The molecule has 3 aromatic rings. The molecule has 120 valence electrons. The van der Waals surface area contributed by atoms with Gasteiger partial charge in [-0.15, -0.1) is 0 Å². The summed E-state index contributed by atoms with van der Waals surface area (Å²) in [6.45, 7) is 2.63. The SMILES string of the molecule is CCOc1ccc(C2=C[C@H](c3ccccc3)n3nnnc3N2)cc1. The second-order valence-electron chi connectivity index (χ2n) is 5.47. The van der Waals surface area contributed by atoms with Crippen LogP contribution < -0.4 is 10.1 Å². The molecule has 6 nitrogen and oxygen atoms in total. The molecule has 0 amide bonds. The van der Waals surface area contributed by atoms with E-state index in [0.717, 1.165) is 22.6 Å². The van der Waals surface area contributed by atoms with Crippen LogP contribution in [-0.4, -0.2) is 26.8 Å². The van der Waals surface area contributed by atoms with Crippen LogP contribution in [0.5, 0.6) is 5.75 Å². The largest absolute Gasteiger partial charge is 0.494 e. The van der Waals surface area contributed by atoms with Crippen LogP contribution in [0.3, 0.4) is 0 Å². The van der Waals surface area contributed by atoms with Crippen molar-refractivity contribution in [2.24, 2.45) is 0 Å². The lowest BCUT2D eigenvalue weighted by Gasteiger charge is -2.23. The van der Waals surface area contributed by atoms with Crippen molar-refractivity contribution in [2.75, 3.05) is 11.9 Å². The first kappa shape index (κ1) is 14.4. The zero-order valence-corrected chi connectivity index (χ0v) is 13.3. The summed E-state index contributed by atoms with van der Waals surface area (Å²) >= 11 is 0. The Labute approximate surface area is 139 Å². The molecule has 1 N–H and O–H groups in total. The minimum absolute atomic E-state index is 0.0426. The number of rotatable bonds is 4. The van der Waals surface area contributed by atoms with Crippen molar-refractivity contribution >= 4 is 11.6 Å². The second-order valence-corrected chi connectivity index (χ2v) is 5.47. The van der Waals surface area contributed by atoms with Gasteiger partial charge in [0, 0.05) is 5.70 Å². The van der Waals surface area contributed by atoms with Crippen molar-refractivity contribution in [1.82, 2.24) is 20.2 Å². The Morgan fingerprint density at radius 3 is 2.62 bits per heavy atom. The van der Waals surface area contributed by atoms with Crippen LogP contribution >= 0.6 is 0 Å². The Bertz CT molecular complexity index is 855. The van der Waals surface area contributed by atoms with E-state index in [-0.39, 0.29) is 6.04 Å². The Morgan fingerprint density at radius 1 is 1.08 bits per heavy atom. The summed E-state index contributed by atoms with van der Waals surface area (Å²) in [5.74, 6) is 1.50. The number of tetrazole rings is 1. The van der Waals surface area contributed by atoms with Crippen LogP contribution in [0.15, 0.2) is 60.7 Å². The Morgan fingerprint density at radius 2 is 1.88 bits per heavy atom. The van der Waals surface area contributed by atoms with Gasteiger partial charge in [0.2, 0.25) is 5.95 Å². The first-order chi connectivity index (χ1) is 11.8. The molecule has 4 rings (SSSR count). The van der Waals surface area contributed by atoms with E-state index in [1.54, 1.807) is 4.68 Å². The van der Waals surface area contributed by atoms with Gasteiger partial charge in [0.1, 0.15) is 11.8 Å². The summed E-state index contributed by atoms with van der Waals surface area (Å²) in [6.07, 6.45) is 2.13. The number of nitrogens with one attached hydrogen (secondary N) is 1. The van der Waals surface area contributed by atoms with Gasteiger partial charge >= 0.3 is 0 Å². The number of fused-ring (bicyclic) bond motifs is 1. The zero-order valence-electron chi connectivity index (χ0n) is 13.3. The van der Waals surface area contributed by atoms with Crippen LogP contribution in [0.4, 0.5) is 5.95 Å². The molecule has 1 aromatic heterocycles. The molecule has 0 bridgehead atoms. The maximum absolute atomic E-state index is 5.51. The number of aromatic nitrogens is 4. The zero-order chi connectivity index (χ0) is 16.4. The molecule has 0 saturated carbocycles. The summed E-state index contributed by atoms with van der Waals surface area (Å²) in [4.78, 5) is 0. The highest BCUT2D eigenvalue weighted by molar-refractivity contribution is 5.77. The fraction of sp³-hybridized carbons (Fsp3) is 0.167. The van der Waals surface area contributed by atoms with E-state index in [1.807, 2.05) is 49.4 Å². The lowest BCUT2D eigenvalue weighted by atomic mass is 10.0. The average molecular weight is 319 g/mol. The van der Waals surface area contributed by atoms with Crippen LogP contribution in [-0.2, 0) is 0 Å². The maximum atomic E-state index is 5.51. The molecule has 0 aliphatic carbocycles. The molecule has 0 radical (unpaired) electrons. The molecule has 1 aliphatic heterocycles. The predicted octanol–water partition coefficient (Wildman–Crippen LogP) is 3.13. The van der Waals surface area contributed by atoms with Crippen molar-refractivity contribution < 1.29 is 4.74 Å². The predicted molar refractivity (Wildman–Crippen MR) is 91.6 cm³/mol. The van der Waals surface area contributed by atoms with Gasteiger partial charge < -0.3 is 10.1 Å². The molecular weight excluding hydrogens is 302 g/mol. The molecule has 24 heavy (non-hydrogen) atoms. The third-order valence-corrected chi connectivity index (χ3v) is 3.94. The summed E-state index contributed by atoms with van der Waals surface area (Å²) in [7, 11) is 0. The molecule has 6 heteroatoms. The third-order valence-electron chi connectivity index (χ3n) is 3.94. The number of ether oxygens (including phenoxy) is 1. The highest BCUT2D eigenvalue weighted by Crippen LogP contribution is 2.31. The smallest absolute Gasteiger partial charge is 0.248 e. The molecule has 0 spiro atoms. The summed E-state index contributed by atoms with van der Waals surface area (Å²) in [5.41, 5.74) is 3.18. The summed E-state index contributed by atoms with van der Waals surface area (Å²) in [6, 6.07) is 18.2. The molecule has 1 aliphatic rings. The van der Waals surface area contributed by atoms with Gasteiger partial charge in [0.05, 0.1) is 6.61 Å². The van der Waals surface area contributed by atoms with Crippen LogP contribution in [0.2, 0.25) is 0 Å². The maximum Gasteiger partial charge on any atom is 0.248 e. The van der Waals surface area contributed by atoms with Gasteiger partial charge in [-0.3, -0.25) is 0 Å². The summed E-state index contributed by atoms with van der Waals surface area (Å²) in [5, 5.41) is 15.3. The van der Waals surface area contributed by atoms with Gasteiger partial charge in [-0.25, -0.2) is 0 Å². The van der Waals surface area contributed by atoms with E-state index in [9.17, 15) is 0 Å². The lowest BCUT2D eigenvalue weighted by Crippen LogP contribution is -2.20. The fourth-order valence-electron chi connectivity index (χ4n) is 2.81. The monoisotopic (exact) mass is 319 g/mol. The summed E-state index contributed by atoms with van der Waals surface area (Å²) < 4.78 is 7.29. The van der Waals surface area contributed by atoms with Crippen LogP contribution in [0.1, 0.15) is 24.1 Å². The molecular formula is C18H17N5O. The van der Waals surface area contributed by atoms with Crippen LogP contribution in [0.25, 0.3) is 5.70 Å². The van der Waals surface area contributed by atoms with Gasteiger partial charge in [-0.1, -0.05) is 35.4 Å².